The minimum absolute atomic E-state index is 0.338. The molecule has 0 bridgehead atoms. The van der Waals surface area contributed by atoms with Crippen molar-refractivity contribution in [1.82, 2.24) is 0 Å². The highest BCUT2D eigenvalue weighted by molar-refractivity contribution is 6.74. The van der Waals surface area contributed by atoms with E-state index in [9.17, 15) is 0 Å². The highest BCUT2D eigenvalue weighted by Crippen LogP contribution is 2.43. The molecule has 2 nitrogen and oxygen atoms in total. The first kappa shape index (κ1) is 11.6. The standard InChI is InChI=1S/C12H24O2Si/c1-12(2,3)15(4,5)13-8-9-6-10-11(7-9)14-10/h9-11H,6-8H2,1-5H3/t9?,10-,11+. The van der Waals surface area contributed by atoms with Crippen molar-refractivity contribution in [3.63, 3.8) is 0 Å². The van der Waals surface area contributed by atoms with Crippen molar-refractivity contribution in [3.8, 4) is 0 Å². The van der Waals surface area contributed by atoms with E-state index in [-0.39, 0.29) is 0 Å². The van der Waals surface area contributed by atoms with E-state index in [0.29, 0.717) is 17.2 Å². The first-order valence-corrected chi connectivity index (χ1v) is 9.00. The topological polar surface area (TPSA) is 21.8 Å². The normalized spacial score (nSPS) is 35.4. The molecule has 1 saturated heterocycles. The Morgan fingerprint density at radius 3 is 2.20 bits per heavy atom. The molecule has 1 unspecified atom stereocenters. The van der Waals surface area contributed by atoms with Crippen molar-refractivity contribution in [2.75, 3.05) is 6.61 Å². The van der Waals surface area contributed by atoms with Crippen LogP contribution in [0.15, 0.2) is 0 Å². The van der Waals surface area contributed by atoms with Gasteiger partial charge in [0, 0.05) is 6.61 Å². The second-order valence-electron chi connectivity index (χ2n) is 6.62. The van der Waals surface area contributed by atoms with Gasteiger partial charge in [0.2, 0.25) is 0 Å². The largest absolute Gasteiger partial charge is 0.417 e. The Morgan fingerprint density at radius 2 is 1.73 bits per heavy atom. The van der Waals surface area contributed by atoms with Crippen LogP contribution in [0.4, 0.5) is 0 Å². The van der Waals surface area contributed by atoms with Gasteiger partial charge in [-0.1, -0.05) is 20.8 Å². The average Bonchev–Trinajstić information content (AvgIpc) is 2.69. The minimum Gasteiger partial charge on any atom is -0.417 e. The monoisotopic (exact) mass is 228 g/mol. The lowest BCUT2D eigenvalue weighted by Gasteiger charge is -2.37. The maximum absolute atomic E-state index is 6.23. The number of hydrogen-bond acceptors (Lipinski definition) is 2. The maximum atomic E-state index is 6.23. The maximum Gasteiger partial charge on any atom is 0.191 e. The van der Waals surface area contributed by atoms with Gasteiger partial charge in [0.05, 0.1) is 12.2 Å². The molecule has 88 valence electrons. The van der Waals surface area contributed by atoms with Gasteiger partial charge in [-0.3, -0.25) is 0 Å². The van der Waals surface area contributed by atoms with Crippen LogP contribution in [0.2, 0.25) is 18.1 Å². The van der Waals surface area contributed by atoms with Gasteiger partial charge in [-0.25, -0.2) is 0 Å². The number of rotatable bonds is 3. The van der Waals surface area contributed by atoms with E-state index >= 15 is 0 Å². The van der Waals surface area contributed by atoms with Crippen LogP contribution in [0.3, 0.4) is 0 Å². The molecule has 3 heteroatoms. The van der Waals surface area contributed by atoms with E-state index in [0.717, 1.165) is 12.5 Å². The van der Waals surface area contributed by atoms with Crippen LogP contribution >= 0.6 is 0 Å². The molecule has 0 radical (unpaired) electrons. The third kappa shape index (κ3) is 2.45. The summed E-state index contributed by atoms with van der Waals surface area (Å²) in [6.07, 6.45) is 3.66. The zero-order valence-electron chi connectivity index (χ0n) is 10.7. The molecule has 1 saturated carbocycles. The quantitative estimate of drug-likeness (QED) is 0.546. The van der Waals surface area contributed by atoms with Crippen LogP contribution in [0.1, 0.15) is 33.6 Å². The molecular formula is C12H24O2Si. The SMILES string of the molecule is CC(C)(C)[Si](C)(C)OCC1C[C@@H]2O[C@@H]2C1. The van der Waals surface area contributed by atoms with Crippen LogP contribution < -0.4 is 0 Å². The fraction of sp³-hybridized carbons (Fsp3) is 1.00. The van der Waals surface area contributed by atoms with E-state index in [1.807, 2.05) is 0 Å². The predicted molar refractivity (Wildman–Crippen MR) is 64.5 cm³/mol. The number of epoxide rings is 1. The van der Waals surface area contributed by atoms with Crippen LogP contribution in [-0.4, -0.2) is 27.1 Å². The summed E-state index contributed by atoms with van der Waals surface area (Å²) in [6.45, 7) is 12.5. The predicted octanol–water partition coefficient (Wildman–Crippen LogP) is 3.19. The van der Waals surface area contributed by atoms with E-state index in [1.165, 1.54) is 12.8 Å². The number of hydrogen-bond donors (Lipinski definition) is 0. The molecule has 1 aliphatic heterocycles. The molecule has 0 aromatic rings. The van der Waals surface area contributed by atoms with Gasteiger partial charge in [0.25, 0.3) is 0 Å². The summed E-state index contributed by atoms with van der Waals surface area (Å²) >= 11 is 0. The lowest BCUT2D eigenvalue weighted by molar-refractivity contribution is 0.184. The molecule has 2 fully saturated rings. The zero-order chi connectivity index (χ0) is 11.3. The average molecular weight is 228 g/mol. The highest BCUT2D eigenvalue weighted by atomic mass is 28.4. The molecule has 1 aliphatic carbocycles. The molecule has 0 aromatic heterocycles. The molecule has 1 heterocycles. The van der Waals surface area contributed by atoms with E-state index in [1.54, 1.807) is 0 Å². The Bertz CT molecular complexity index is 234. The van der Waals surface area contributed by atoms with Crippen LogP contribution in [0.25, 0.3) is 0 Å². The van der Waals surface area contributed by atoms with Crippen molar-refractivity contribution in [3.05, 3.63) is 0 Å². The van der Waals surface area contributed by atoms with Crippen molar-refractivity contribution < 1.29 is 9.16 Å². The molecular weight excluding hydrogens is 204 g/mol. The summed E-state index contributed by atoms with van der Waals surface area (Å²) in [4.78, 5) is 0. The van der Waals surface area contributed by atoms with E-state index < -0.39 is 8.32 Å². The lowest BCUT2D eigenvalue weighted by Crippen LogP contribution is -2.41. The Hall–Kier alpha value is 0.137. The summed E-state index contributed by atoms with van der Waals surface area (Å²) in [7, 11) is -1.52. The van der Waals surface area contributed by atoms with Crippen molar-refractivity contribution in [2.45, 2.75) is 64.0 Å². The Kier molecular flexibility index (Phi) is 2.77. The smallest absolute Gasteiger partial charge is 0.191 e. The Balaban J connectivity index is 1.77. The summed E-state index contributed by atoms with van der Waals surface area (Å²) in [6, 6.07) is 0. The van der Waals surface area contributed by atoms with Gasteiger partial charge in [0.15, 0.2) is 8.32 Å². The van der Waals surface area contributed by atoms with Crippen LogP contribution in [0, 0.1) is 5.92 Å². The van der Waals surface area contributed by atoms with E-state index in [4.69, 9.17) is 9.16 Å². The Morgan fingerprint density at radius 1 is 1.20 bits per heavy atom. The summed E-state index contributed by atoms with van der Waals surface area (Å²) in [5.74, 6) is 0.767. The molecule has 0 N–H and O–H groups in total. The van der Waals surface area contributed by atoms with Crippen LogP contribution in [0.5, 0.6) is 0 Å². The van der Waals surface area contributed by atoms with Gasteiger partial charge in [0.1, 0.15) is 0 Å². The molecule has 3 atom stereocenters. The molecule has 15 heavy (non-hydrogen) atoms. The van der Waals surface area contributed by atoms with Gasteiger partial charge < -0.3 is 9.16 Å². The molecule has 2 rings (SSSR count). The molecule has 2 aliphatic rings. The molecule has 0 amide bonds. The third-order valence-corrected chi connectivity index (χ3v) is 8.81. The lowest BCUT2D eigenvalue weighted by atomic mass is 10.1. The highest BCUT2D eigenvalue weighted by Gasteiger charge is 2.48. The van der Waals surface area contributed by atoms with Crippen LogP contribution in [-0.2, 0) is 9.16 Å². The zero-order valence-corrected chi connectivity index (χ0v) is 11.7. The van der Waals surface area contributed by atoms with Crippen molar-refractivity contribution in [2.24, 2.45) is 5.92 Å². The van der Waals surface area contributed by atoms with Gasteiger partial charge in [-0.2, -0.15) is 0 Å². The van der Waals surface area contributed by atoms with Gasteiger partial charge >= 0.3 is 0 Å². The molecule has 0 aromatic carbocycles. The van der Waals surface area contributed by atoms with E-state index in [2.05, 4.69) is 33.9 Å². The number of fused-ring (bicyclic) bond motifs is 1. The molecule has 0 spiro atoms. The number of ether oxygens (including phenoxy) is 1. The second-order valence-corrected chi connectivity index (χ2v) is 11.4. The van der Waals surface area contributed by atoms with Gasteiger partial charge in [-0.05, 0) is 36.9 Å². The Labute approximate surface area is 94.5 Å². The van der Waals surface area contributed by atoms with Gasteiger partial charge in [-0.15, -0.1) is 0 Å². The fourth-order valence-electron chi connectivity index (χ4n) is 2.03. The first-order chi connectivity index (χ1) is 6.79. The summed E-state index contributed by atoms with van der Waals surface area (Å²) in [5.41, 5.74) is 0. The minimum atomic E-state index is -1.52. The third-order valence-electron chi connectivity index (χ3n) is 4.30. The second kappa shape index (κ2) is 3.57. The summed E-state index contributed by atoms with van der Waals surface area (Å²) in [5, 5.41) is 0.338. The first-order valence-electron chi connectivity index (χ1n) is 6.09. The summed E-state index contributed by atoms with van der Waals surface area (Å²) < 4.78 is 11.7. The fourth-order valence-corrected chi connectivity index (χ4v) is 3.11. The van der Waals surface area contributed by atoms with Crippen molar-refractivity contribution in [1.29, 1.82) is 0 Å². The van der Waals surface area contributed by atoms with Crippen molar-refractivity contribution >= 4 is 8.32 Å².